The van der Waals surface area contributed by atoms with Crippen LogP contribution in [0, 0.1) is 10.1 Å². The third-order valence-electron chi connectivity index (χ3n) is 2.07. The number of aromatic nitrogens is 4. The van der Waals surface area contributed by atoms with Gasteiger partial charge in [-0.2, -0.15) is 13.5 Å². The van der Waals surface area contributed by atoms with Gasteiger partial charge in [0.15, 0.2) is 5.69 Å². The van der Waals surface area contributed by atoms with Crippen molar-refractivity contribution in [3.63, 3.8) is 0 Å². The smallest absolute Gasteiger partial charge is 0.387 e. The highest BCUT2D eigenvalue weighted by Crippen LogP contribution is 2.26. The fourth-order valence-corrected chi connectivity index (χ4v) is 1.36. The van der Waals surface area contributed by atoms with E-state index in [1.807, 2.05) is 5.10 Å². The van der Waals surface area contributed by atoms with Crippen LogP contribution in [0.5, 0.6) is 5.75 Å². The van der Waals surface area contributed by atoms with Crippen molar-refractivity contribution in [2.45, 2.75) is 6.61 Å². The largest absolute Gasteiger partial charge is 0.435 e. The highest BCUT2D eigenvalue weighted by molar-refractivity contribution is 5.55. The Labute approximate surface area is 102 Å². The molecule has 0 spiro atoms. The molecule has 0 aliphatic rings. The minimum absolute atomic E-state index is 0.332. The van der Waals surface area contributed by atoms with E-state index in [1.165, 1.54) is 0 Å². The average molecular weight is 273 g/mol. The molecule has 0 saturated heterocycles. The number of ether oxygens (including phenoxy) is 1. The number of benzene rings is 1. The third-order valence-corrected chi connectivity index (χ3v) is 2.07. The van der Waals surface area contributed by atoms with Crippen molar-refractivity contribution < 1.29 is 18.4 Å². The van der Waals surface area contributed by atoms with Crippen molar-refractivity contribution in [2.24, 2.45) is 0 Å². The summed E-state index contributed by atoms with van der Waals surface area (Å²) in [4.78, 5) is 21.3. The van der Waals surface area contributed by atoms with Crippen LogP contribution in [0.3, 0.4) is 0 Å². The van der Waals surface area contributed by atoms with E-state index in [0.717, 1.165) is 18.2 Å². The van der Waals surface area contributed by atoms with Crippen LogP contribution in [0.4, 0.5) is 14.5 Å². The Morgan fingerprint density at radius 1 is 1.47 bits per heavy atom. The Balaban J connectivity index is 2.58. The molecule has 19 heavy (non-hydrogen) atoms. The summed E-state index contributed by atoms with van der Waals surface area (Å²) < 4.78 is 28.8. The summed E-state index contributed by atoms with van der Waals surface area (Å²) in [6, 6.07) is 2.81. The maximum atomic E-state index is 12.1. The topological polar surface area (TPSA) is 116 Å². The molecule has 1 aromatic carbocycles. The lowest BCUT2D eigenvalue weighted by atomic mass is 10.2. The van der Waals surface area contributed by atoms with Gasteiger partial charge in [-0.15, -0.1) is 0 Å². The molecular formula is C8H5F2N5O4. The van der Waals surface area contributed by atoms with Gasteiger partial charge >= 0.3 is 12.3 Å². The predicted molar refractivity (Wildman–Crippen MR) is 55.3 cm³/mol. The fraction of sp³-hybridized carbons (Fsp3) is 0.125. The molecule has 2 aromatic rings. The van der Waals surface area contributed by atoms with E-state index in [2.05, 4.69) is 15.2 Å². The third kappa shape index (κ3) is 2.53. The van der Waals surface area contributed by atoms with Crippen molar-refractivity contribution in [1.29, 1.82) is 0 Å². The summed E-state index contributed by atoms with van der Waals surface area (Å²) in [5.74, 6) is -0.342. The van der Waals surface area contributed by atoms with Gasteiger partial charge in [-0.05, 0) is 16.5 Å². The number of H-pyrrole nitrogens is 1. The first-order valence-electron chi connectivity index (χ1n) is 4.73. The molecule has 1 N–H and O–H groups in total. The summed E-state index contributed by atoms with van der Waals surface area (Å²) in [6.07, 6.45) is 0. The molecule has 1 aromatic heterocycles. The lowest BCUT2D eigenvalue weighted by molar-refractivity contribution is -0.384. The second-order valence-corrected chi connectivity index (χ2v) is 3.20. The Bertz CT molecular complexity index is 667. The monoisotopic (exact) mass is 273 g/mol. The molecule has 9 nitrogen and oxygen atoms in total. The van der Waals surface area contributed by atoms with Crippen molar-refractivity contribution in [3.8, 4) is 11.4 Å². The van der Waals surface area contributed by atoms with Gasteiger partial charge in [-0.1, -0.05) is 0 Å². The molecule has 11 heteroatoms. The lowest BCUT2D eigenvalue weighted by Gasteiger charge is -2.06. The molecule has 0 unspecified atom stereocenters. The predicted octanol–water partition coefficient (Wildman–Crippen LogP) is 0.465. The first-order chi connectivity index (χ1) is 8.99. The lowest BCUT2D eigenvalue weighted by Crippen LogP contribution is -2.17. The molecular weight excluding hydrogens is 268 g/mol. The van der Waals surface area contributed by atoms with Crippen molar-refractivity contribution in [3.05, 3.63) is 38.8 Å². The van der Waals surface area contributed by atoms with Crippen molar-refractivity contribution >= 4 is 5.69 Å². The molecule has 0 amide bonds. The SMILES string of the molecule is O=c1[nH]nnn1-c1cc(OC(F)F)ccc1[N+](=O)[O-]. The van der Waals surface area contributed by atoms with Gasteiger partial charge in [-0.25, -0.2) is 9.89 Å². The van der Waals surface area contributed by atoms with E-state index in [1.54, 1.807) is 0 Å². The number of nitrogens with one attached hydrogen (secondary N) is 1. The average Bonchev–Trinajstić information content (AvgIpc) is 2.74. The zero-order valence-electron chi connectivity index (χ0n) is 8.99. The first kappa shape index (κ1) is 12.6. The number of halogens is 2. The minimum Gasteiger partial charge on any atom is -0.435 e. The Morgan fingerprint density at radius 3 is 2.74 bits per heavy atom. The maximum Gasteiger partial charge on any atom is 0.387 e. The summed E-state index contributed by atoms with van der Waals surface area (Å²) in [5.41, 5.74) is -1.68. The standard InChI is InChI=1S/C8H5F2N5O4/c9-7(10)19-4-1-2-5(15(17)18)6(3-4)14-8(16)11-12-13-14/h1-3,7H,(H,11,13,16). The van der Waals surface area contributed by atoms with E-state index < -0.39 is 22.9 Å². The van der Waals surface area contributed by atoms with E-state index in [0.29, 0.717) is 4.68 Å². The molecule has 0 aliphatic carbocycles. The Morgan fingerprint density at radius 2 is 2.21 bits per heavy atom. The first-order valence-corrected chi connectivity index (χ1v) is 4.73. The molecule has 0 atom stereocenters. The van der Waals surface area contributed by atoms with Gasteiger partial charge in [-0.3, -0.25) is 10.1 Å². The zero-order valence-corrected chi connectivity index (χ0v) is 8.99. The number of nitrogens with zero attached hydrogens (tertiary/aromatic N) is 4. The highest BCUT2D eigenvalue weighted by Gasteiger charge is 2.20. The van der Waals surface area contributed by atoms with Crippen LogP contribution in [0.15, 0.2) is 23.0 Å². The summed E-state index contributed by atoms with van der Waals surface area (Å²) >= 11 is 0. The van der Waals surface area contributed by atoms with E-state index in [-0.39, 0.29) is 11.4 Å². The van der Waals surface area contributed by atoms with Crippen LogP contribution in [-0.2, 0) is 0 Å². The van der Waals surface area contributed by atoms with Crippen LogP contribution >= 0.6 is 0 Å². The molecule has 1 heterocycles. The van der Waals surface area contributed by atoms with E-state index >= 15 is 0 Å². The molecule has 100 valence electrons. The highest BCUT2D eigenvalue weighted by atomic mass is 19.3. The van der Waals surface area contributed by atoms with Crippen LogP contribution in [-0.4, -0.2) is 31.7 Å². The van der Waals surface area contributed by atoms with E-state index in [9.17, 15) is 23.7 Å². The number of tetrazole rings is 1. The van der Waals surface area contributed by atoms with Crippen LogP contribution in [0.25, 0.3) is 5.69 Å². The number of nitro benzene ring substituents is 1. The van der Waals surface area contributed by atoms with Crippen LogP contribution in [0.1, 0.15) is 0 Å². The molecule has 0 bridgehead atoms. The minimum atomic E-state index is -3.09. The van der Waals surface area contributed by atoms with Gasteiger partial charge < -0.3 is 4.74 Å². The zero-order chi connectivity index (χ0) is 14.0. The van der Waals surface area contributed by atoms with Crippen LogP contribution in [0.2, 0.25) is 0 Å². The summed E-state index contributed by atoms with van der Waals surface area (Å²) in [5, 5.41) is 19.2. The Hall–Kier alpha value is -2.85. The van der Waals surface area contributed by atoms with Gasteiger partial charge in [0.25, 0.3) is 5.69 Å². The van der Waals surface area contributed by atoms with Crippen LogP contribution < -0.4 is 10.4 Å². The second kappa shape index (κ2) is 4.80. The summed E-state index contributed by atoms with van der Waals surface area (Å²) in [6.45, 7) is -3.09. The summed E-state index contributed by atoms with van der Waals surface area (Å²) in [7, 11) is 0. The number of alkyl halides is 2. The number of aromatic amines is 1. The second-order valence-electron chi connectivity index (χ2n) is 3.20. The normalized spacial score (nSPS) is 10.7. The maximum absolute atomic E-state index is 12.1. The van der Waals surface area contributed by atoms with Crippen molar-refractivity contribution in [2.75, 3.05) is 0 Å². The molecule has 0 aliphatic heterocycles. The molecule has 0 fully saturated rings. The van der Waals surface area contributed by atoms with Gasteiger partial charge in [0, 0.05) is 12.1 Å². The van der Waals surface area contributed by atoms with Gasteiger partial charge in [0.05, 0.1) is 4.92 Å². The van der Waals surface area contributed by atoms with Crippen molar-refractivity contribution in [1.82, 2.24) is 20.2 Å². The molecule has 0 radical (unpaired) electrons. The quantitative estimate of drug-likeness (QED) is 0.639. The number of nitro groups is 1. The van der Waals surface area contributed by atoms with Gasteiger partial charge in [0.2, 0.25) is 0 Å². The number of rotatable bonds is 4. The Kier molecular flexibility index (Phi) is 3.18. The molecule has 2 rings (SSSR count). The number of hydrogen-bond acceptors (Lipinski definition) is 6. The van der Waals surface area contributed by atoms with E-state index in [4.69, 9.17) is 0 Å². The van der Waals surface area contributed by atoms with Gasteiger partial charge in [0.1, 0.15) is 5.75 Å². The molecule has 0 saturated carbocycles. The fourth-order valence-electron chi connectivity index (χ4n) is 1.36. The number of hydrogen-bond donors (Lipinski definition) is 1.